The second-order valence-corrected chi connectivity index (χ2v) is 4.22. The van der Waals surface area contributed by atoms with Gasteiger partial charge in [-0.2, -0.15) is 13.2 Å². The Hall–Kier alpha value is -1.50. The molecule has 7 heteroatoms. The predicted molar refractivity (Wildman–Crippen MR) is 64.3 cm³/mol. The fourth-order valence-corrected chi connectivity index (χ4v) is 2.03. The van der Waals surface area contributed by atoms with Gasteiger partial charge in [0.25, 0.3) is 0 Å². The first kappa shape index (κ1) is 12.9. The molecule has 1 N–H and O–H groups in total. The highest BCUT2D eigenvalue weighted by Crippen LogP contribution is 2.24. The average Bonchev–Trinajstić information content (AvgIpc) is 2.60. The van der Waals surface area contributed by atoms with Gasteiger partial charge < -0.3 is 14.3 Å². The third-order valence-electron chi connectivity index (χ3n) is 2.60. The number of H-pyrrole nitrogens is 1. The fraction of sp³-hybridized carbons (Fsp3) is 0.364. The molecule has 0 aliphatic heterocycles. The molecule has 0 radical (unpaired) electrons. The summed E-state index contributed by atoms with van der Waals surface area (Å²) >= 11 is 5.02. The summed E-state index contributed by atoms with van der Waals surface area (Å²) in [7, 11) is 1.52. The van der Waals surface area contributed by atoms with Crippen LogP contribution < -0.4 is 4.74 Å². The van der Waals surface area contributed by atoms with Gasteiger partial charge >= 0.3 is 6.18 Å². The van der Waals surface area contributed by atoms with Crippen molar-refractivity contribution >= 4 is 23.3 Å². The Morgan fingerprint density at radius 1 is 1.39 bits per heavy atom. The number of aromatic nitrogens is 2. The molecule has 3 nitrogen and oxygen atoms in total. The van der Waals surface area contributed by atoms with E-state index in [0.717, 1.165) is 0 Å². The van der Waals surface area contributed by atoms with Crippen molar-refractivity contribution in [3.8, 4) is 5.75 Å². The van der Waals surface area contributed by atoms with E-state index in [0.29, 0.717) is 16.8 Å². The number of aryl methyl sites for hydroxylation is 1. The third kappa shape index (κ3) is 2.66. The lowest BCUT2D eigenvalue weighted by atomic mass is 10.3. The normalized spacial score (nSPS) is 12.0. The molecule has 0 saturated carbocycles. The number of fused-ring (bicyclic) bond motifs is 1. The van der Waals surface area contributed by atoms with Crippen LogP contribution in [-0.4, -0.2) is 22.8 Å². The number of hydrogen-bond acceptors (Lipinski definition) is 2. The van der Waals surface area contributed by atoms with Gasteiger partial charge in [0.1, 0.15) is 5.75 Å². The summed E-state index contributed by atoms with van der Waals surface area (Å²) in [6.07, 6.45) is -5.09. The lowest BCUT2D eigenvalue weighted by Gasteiger charge is -2.08. The molecule has 1 heterocycles. The van der Waals surface area contributed by atoms with Crippen molar-refractivity contribution in [2.45, 2.75) is 19.1 Å². The number of halogens is 3. The number of nitrogens with zero attached hydrogens (tertiary/aromatic N) is 1. The zero-order chi connectivity index (χ0) is 13.3. The molecule has 0 aliphatic carbocycles. The van der Waals surface area contributed by atoms with Gasteiger partial charge in [-0.15, -0.1) is 0 Å². The van der Waals surface area contributed by atoms with Gasteiger partial charge in [-0.3, -0.25) is 0 Å². The summed E-state index contributed by atoms with van der Waals surface area (Å²) in [5, 5.41) is 0. The molecule has 98 valence electrons. The van der Waals surface area contributed by atoms with Crippen molar-refractivity contribution in [1.29, 1.82) is 0 Å². The van der Waals surface area contributed by atoms with Crippen LogP contribution in [0.25, 0.3) is 11.0 Å². The Bertz CT molecular complexity index is 615. The van der Waals surface area contributed by atoms with Crippen molar-refractivity contribution in [1.82, 2.24) is 9.55 Å². The maximum absolute atomic E-state index is 12.2. The van der Waals surface area contributed by atoms with E-state index in [1.54, 1.807) is 18.2 Å². The number of rotatable bonds is 3. The van der Waals surface area contributed by atoms with Gasteiger partial charge in [-0.05, 0) is 24.4 Å². The van der Waals surface area contributed by atoms with Crippen LogP contribution in [0.4, 0.5) is 13.2 Å². The van der Waals surface area contributed by atoms with Crippen molar-refractivity contribution < 1.29 is 17.9 Å². The van der Waals surface area contributed by atoms with Crippen molar-refractivity contribution in [3.05, 3.63) is 23.0 Å². The van der Waals surface area contributed by atoms with Crippen molar-refractivity contribution in [2.24, 2.45) is 0 Å². The second kappa shape index (κ2) is 4.64. The molecule has 1 aromatic carbocycles. The first-order valence-corrected chi connectivity index (χ1v) is 5.65. The van der Waals surface area contributed by atoms with Crippen LogP contribution in [0.2, 0.25) is 0 Å². The number of alkyl halides is 3. The summed E-state index contributed by atoms with van der Waals surface area (Å²) in [4.78, 5) is 2.87. The summed E-state index contributed by atoms with van der Waals surface area (Å²) in [5.41, 5.74) is 1.31. The highest BCUT2D eigenvalue weighted by Gasteiger charge is 2.27. The molecular weight excluding hydrogens is 265 g/mol. The SMILES string of the molecule is COc1ccc2c(c1)[nH]c(=S)n2CCC(F)(F)F. The van der Waals surface area contributed by atoms with Gasteiger partial charge in [-0.25, -0.2) is 0 Å². The Morgan fingerprint density at radius 2 is 2.11 bits per heavy atom. The zero-order valence-corrected chi connectivity index (χ0v) is 10.4. The Morgan fingerprint density at radius 3 is 2.72 bits per heavy atom. The highest BCUT2D eigenvalue weighted by molar-refractivity contribution is 7.71. The van der Waals surface area contributed by atoms with Crippen LogP contribution in [-0.2, 0) is 6.54 Å². The third-order valence-corrected chi connectivity index (χ3v) is 2.92. The van der Waals surface area contributed by atoms with Crippen LogP contribution >= 0.6 is 12.2 Å². The second-order valence-electron chi connectivity index (χ2n) is 3.83. The van der Waals surface area contributed by atoms with E-state index in [4.69, 9.17) is 17.0 Å². The molecule has 0 unspecified atom stereocenters. The van der Waals surface area contributed by atoms with Crippen LogP contribution in [0, 0.1) is 4.77 Å². The standard InChI is InChI=1S/C11H11F3N2OS/c1-17-7-2-3-9-8(6-7)15-10(18)16(9)5-4-11(12,13)14/h2-3,6H,4-5H2,1H3,(H,15,18). The summed E-state index contributed by atoms with van der Waals surface area (Å²) < 4.78 is 43.4. The smallest absolute Gasteiger partial charge is 0.390 e. The number of methoxy groups -OCH3 is 1. The number of aromatic amines is 1. The first-order valence-electron chi connectivity index (χ1n) is 5.24. The summed E-state index contributed by atoms with van der Waals surface area (Å²) in [6, 6.07) is 5.08. The molecule has 0 amide bonds. The first-order chi connectivity index (χ1) is 8.40. The molecule has 0 spiro atoms. The van der Waals surface area contributed by atoms with Gasteiger partial charge in [-0.1, -0.05) is 0 Å². The van der Waals surface area contributed by atoms with Crippen LogP contribution in [0.3, 0.4) is 0 Å². The minimum atomic E-state index is -4.19. The predicted octanol–water partition coefficient (Wildman–Crippen LogP) is 3.66. The van der Waals surface area contributed by atoms with Gasteiger partial charge in [0, 0.05) is 12.6 Å². The van der Waals surface area contributed by atoms with E-state index < -0.39 is 12.6 Å². The van der Waals surface area contributed by atoms with E-state index in [2.05, 4.69) is 4.98 Å². The molecule has 0 aliphatic rings. The van der Waals surface area contributed by atoms with Crippen LogP contribution in [0.5, 0.6) is 5.75 Å². The highest BCUT2D eigenvalue weighted by atomic mass is 32.1. The van der Waals surface area contributed by atoms with Crippen LogP contribution in [0.1, 0.15) is 6.42 Å². The molecule has 2 aromatic rings. The lowest BCUT2D eigenvalue weighted by molar-refractivity contribution is -0.136. The van der Waals surface area contributed by atoms with Crippen LogP contribution in [0.15, 0.2) is 18.2 Å². The molecule has 18 heavy (non-hydrogen) atoms. The van der Waals surface area contributed by atoms with Crippen molar-refractivity contribution in [3.63, 3.8) is 0 Å². The molecule has 0 atom stereocenters. The van der Waals surface area contributed by atoms with Crippen molar-refractivity contribution in [2.75, 3.05) is 7.11 Å². The van der Waals surface area contributed by atoms with E-state index in [1.165, 1.54) is 11.7 Å². The van der Waals surface area contributed by atoms with Gasteiger partial charge in [0.15, 0.2) is 4.77 Å². The molecule has 2 rings (SSSR count). The molecule has 1 aromatic heterocycles. The number of imidazole rings is 1. The number of hydrogen-bond donors (Lipinski definition) is 1. The Balaban J connectivity index is 2.39. The maximum Gasteiger partial charge on any atom is 0.390 e. The lowest BCUT2D eigenvalue weighted by Crippen LogP contribution is -2.12. The summed E-state index contributed by atoms with van der Waals surface area (Å²) in [6.45, 7) is -0.186. The topological polar surface area (TPSA) is 29.9 Å². The number of ether oxygens (including phenoxy) is 1. The Labute approximate surface area is 106 Å². The quantitative estimate of drug-likeness (QED) is 0.867. The maximum atomic E-state index is 12.2. The van der Waals surface area contributed by atoms with Gasteiger partial charge in [0.2, 0.25) is 0 Å². The largest absolute Gasteiger partial charge is 0.497 e. The average molecular weight is 276 g/mol. The van der Waals surface area contributed by atoms with E-state index in [1.807, 2.05) is 0 Å². The molecular formula is C11H11F3N2OS. The van der Waals surface area contributed by atoms with E-state index in [-0.39, 0.29) is 11.3 Å². The van der Waals surface area contributed by atoms with E-state index in [9.17, 15) is 13.2 Å². The molecule has 0 saturated heterocycles. The fourth-order valence-electron chi connectivity index (χ4n) is 1.73. The molecule has 0 fully saturated rings. The van der Waals surface area contributed by atoms with E-state index >= 15 is 0 Å². The monoisotopic (exact) mass is 276 g/mol. The molecule has 0 bridgehead atoms. The summed E-state index contributed by atoms with van der Waals surface area (Å²) in [5.74, 6) is 0.627. The minimum absolute atomic E-state index is 0.186. The number of benzene rings is 1. The number of nitrogens with one attached hydrogen (secondary N) is 1. The Kier molecular flexibility index (Phi) is 3.34. The minimum Gasteiger partial charge on any atom is -0.497 e. The van der Waals surface area contributed by atoms with Gasteiger partial charge in [0.05, 0.1) is 24.6 Å². The zero-order valence-electron chi connectivity index (χ0n) is 9.54.